The number of halogens is 4. The van der Waals surface area contributed by atoms with Crippen LogP contribution in [0.2, 0.25) is 5.02 Å². The van der Waals surface area contributed by atoms with Gasteiger partial charge in [-0.3, -0.25) is 0 Å². The second kappa shape index (κ2) is 7.93. The molecular weight excluding hydrogens is 393 g/mol. The summed E-state index contributed by atoms with van der Waals surface area (Å²) in [6.45, 7) is 0.371. The number of primary amides is 1. The van der Waals surface area contributed by atoms with E-state index in [-0.39, 0.29) is 0 Å². The van der Waals surface area contributed by atoms with Crippen molar-refractivity contribution in [3.8, 4) is 16.9 Å². The molecule has 2 amide bonds. The predicted octanol–water partition coefficient (Wildman–Crippen LogP) is 4.42. The van der Waals surface area contributed by atoms with E-state index in [1.165, 1.54) is 4.68 Å². The van der Waals surface area contributed by atoms with E-state index in [9.17, 15) is 18.0 Å². The van der Waals surface area contributed by atoms with Crippen LogP contribution in [0.3, 0.4) is 0 Å². The molecule has 0 saturated carbocycles. The highest BCUT2D eigenvalue weighted by molar-refractivity contribution is 6.30. The average Bonchev–Trinajstić information content (AvgIpc) is 3.08. The van der Waals surface area contributed by atoms with Crippen LogP contribution in [-0.2, 0) is 12.6 Å². The molecule has 1 heterocycles. The predicted molar refractivity (Wildman–Crippen MR) is 100 cm³/mol. The van der Waals surface area contributed by atoms with Crippen molar-refractivity contribution in [1.29, 1.82) is 0 Å². The molecule has 5 nitrogen and oxygen atoms in total. The van der Waals surface area contributed by atoms with Crippen molar-refractivity contribution in [2.24, 2.45) is 5.73 Å². The summed E-state index contributed by atoms with van der Waals surface area (Å²) in [7, 11) is 0. The second-order valence-corrected chi connectivity index (χ2v) is 6.48. The highest BCUT2D eigenvalue weighted by Gasteiger charge is 2.35. The lowest BCUT2D eigenvalue weighted by atomic mass is 10.1. The number of urea groups is 1. The van der Waals surface area contributed by atoms with Crippen molar-refractivity contribution >= 4 is 17.6 Å². The van der Waals surface area contributed by atoms with Crippen LogP contribution in [0.15, 0.2) is 54.6 Å². The Labute approximate surface area is 163 Å². The van der Waals surface area contributed by atoms with Gasteiger partial charge in [0.2, 0.25) is 0 Å². The van der Waals surface area contributed by atoms with Gasteiger partial charge in [0, 0.05) is 17.1 Å². The lowest BCUT2D eigenvalue weighted by Crippen LogP contribution is -2.30. The Balaban J connectivity index is 1.94. The SMILES string of the molecule is NC(=O)NCCc1ccc(-c2cc(C(F)(F)F)nn2-c2ccc(Cl)cc2)cc1. The van der Waals surface area contributed by atoms with Gasteiger partial charge in [0.1, 0.15) is 0 Å². The van der Waals surface area contributed by atoms with E-state index >= 15 is 0 Å². The third-order valence-electron chi connectivity index (χ3n) is 4.03. The zero-order valence-electron chi connectivity index (χ0n) is 14.5. The molecule has 0 fully saturated rings. The maximum atomic E-state index is 13.2. The first kappa shape index (κ1) is 19.8. The highest BCUT2D eigenvalue weighted by atomic mass is 35.5. The molecule has 0 radical (unpaired) electrons. The summed E-state index contributed by atoms with van der Waals surface area (Å²) in [6.07, 6.45) is -4.01. The lowest BCUT2D eigenvalue weighted by Gasteiger charge is -2.09. The number of carbonyl (C=O) groups is 1. The van der Waals surface area contributed by atoms with Crippen molar-refractivity contribution in [3.05, 3.63) is 70.9 Å². The zero-order valence-corrected chi connectivity index (χ0v) is 15.3. The molecule has 0 aliphatic rings. The molecule has 0 saturated heterocycles. The number of hydrogen-bond donors (Lipinski definition) is 2. The Bertz CT molecular complexity index is 966. The molecular formula is C19H16ClF3N4O. The van der Waals surface area contributed by atoms with Gasteiger partial charge in [-0.25, -0.2) is 9.48 Å². The summed E-state index contributed by atoms with van der Waals surface area (Å²) in [6, 6.07) is 13.8. The van der Waals surface area contributed by atoms with Gasteiger partial charge in [0.25, 0.3) is 0 Å². The maximum Gasteiger partial charge on any atom is 0.435 e. The number of hydrogen-bond acceptors (Lipinski definition) is 2. The van der Waals surface area contributed by atoms with Crippen LogP contribution in [0.4, 0.5) is 18.0 Å². The molecule has 0 bridgehead atoms. The Morgan fingerprint density at radius 2 is 1.75 bits per heavy atom. The quantitative estimate of drug-likeness (QED) is 0.655. The number of amides is 2. The van der Waals surface area contributed by atoms with Gasteiger partial charge >= 0.3 is 12.2 Å². The van der Waals surface area contributed by atoms with Crippen LogP contribution < -0.4 is 11.1 Å². The number of aromatic nitrogens is 2. The molecule has 0 aliphatic heterocycles. The molecule has 0 atom stereocenters. The van der Waals surface area contributed by atoms with Crippen molar-refractivity contribution in [3.63, 3.8) is 0 Å². The molecule has 0 spiro atoms. The Morgan fingerprint density at radius 3 is 2.32 bits per heavy atom. The fourth-order valence-electron chi connectivity index (χ4n) is 2.68. The van der Waals surface area contributed by atoms with Gasteiger partial charge in [-0.2, -0.15) is 18.3 Å². The van der Waals surface area contributed by atoms with Crippen molar-refractivity contribution in [2.75, 3.05) is 6.54 Å². The fourth-order valence-corrected chi connectivity index (χ4v) is 2.80. The third-order valence-corrected chi connectivity index (χ3v) is 4.29. The summed E-state index contributed by atoms with van der Waals surface area (Å²) in [5.41, 5.74) is 6.28. The van der Waals surface area contributed by atoms with Crippen LogP contribution in [0.25, 0.3) is 16.9 Å². The summed E-state index contributed by atoms with van der Waals surface area (Å²) < 4.78 is 40.9. The monoisotopic (exact) mass is 408 g/mol. The van der Waals surface area contributed by atoms with E-state index in [0.717, 1.165) is 11.6 Å². The van der Waals surface area contributed by atoms with Crippen molar-refractivity contribution in [1.82, 2.24) is 15.1 Å². The Morgan fingerprint density at radius 1 is 1.11 bits per heavy atom. The molecule has 146 valence electrons. The molecule has 3 aromatic rings. The first-order valence-electron chi connectivity index (χ1n) is 8.30. The van der Waals surface area contributed by atoms with Crippen LogP contribution in [0, 0.1) is 0 Å². The van der Waals surface area contributed by atoms with Crippen molar-refractivity contribution in [2.45, 2.75) is 12.6 Å². The Kier molecular flexibility index (Phi) is 5.60. The molecule has 1 aromatic heterocycles. The van der Waals surface area contributed by atoms with E-state index in [2.05, 4.69) is 10.4 Å². The minimum atomic E-state index is -4.56. The maximum absolute atomic E-state index is 13.2. The molecule has 28 heavy (non-hydrogen) atoms. The lowest BCUT2D eigenvalue weighted by molar-refractivity contribution is -0.141. The molecule has 3 rings (SSSR count). The summed E-state index contributed by atoms with van der Waals surface area (Å²) in [5, 5.41) is 6.70. The summed E-state index contributed by atoms with van der Waals surface area (Å²) in [4.78, 5) is 10.7. The largest absolute Gasteiger partial charge is 0.435 e. The number of alkyl halides is 3. The fraction of sp³-hybridized carbons (Fsp3) is 0.158. The van der Waals surface area contributed by atoms with E-state index < -0.39 is 17.9 Å². The minimum Gasteiger partial charge on any atom is -0.352 e. The normalized spacial score (nSPS) is 11.4. The van der Waals surface area contributed by atoms with Gasteiger partial charge < -0.3 is 11.1 Å². The molecule has 0 unspecified atom stereocenters. The number of benzene rings is 2. The standard InChI is InChI=1S/C19H16ClF3N4O/c20-14-5-7-15(8-6-14)27-16(11-17(26-27)19(21,22)23)13-3-1-12(2-4-13)9-10-25-18(24)28/h1-8,11H,9-10H2,(H3,24,25,28). The van der Waals surface area contributed by atoms with Crippen LogP contribution >= 0.6 is 11.6 Å². The van der Waals surface area contributed by atoms with Crippen LogP contribution in [0.1, 0.15) is 11.3 Å². The number of carbonyl (C=O) groups excluding carboxylic acids is 1. The van der Waals surface area contributed by atoms with Gasteiger partial charge in [0.05, 0.1) is 11.4 Å². The van der Waals surface area contributed by atoms with E-state index in [1.807, 2.05) is 0 Å². The smallest absolute Gasteiger partial charge is 0.352 e. The Hall–Kier alpha value is -3.00. The third kappa shape index (κ3) is 4.64. The summed E-state index contributed by atoms with van der Waals surface area (Å²) >= 11 is 5.87. The summed E-state index contributed by atoms with van der Waals surface area (Å²) in [5.74, 6) is 0. The second-order valence-electron chi connectivity index (χ2n) is 6.04. The van der Waals surface area contributed by atoms with Gasteiger partial charge in [0.15, 0.2) is 5.69 Å². The number of nitrogens with one attached hydrogen (secondary N) is 1. The average molecular weight is 409 g/mol. The number of rotatable bonds is 5. The van der Waals surface area contributed by atoms with E-state index in [1.54, 1.807) is 48.5 Å². The molecule has 9 heteroatoms. The molecule has 0 aliphatic carbocycles. The van der Waals surface area contributed by atoms with E-state index in [0.29, 0.717) is 34.9 Å². The molecule has 2 aromatic carbocycles. The number of nitrogens with two attached hydrogens (primary N) is 1. The number of nitrogens with zero attached hydrogens (tertiary/aromatic N) is 2. The van der Waals surface area contributed by atoms with Crippen LogP contribution in [0.5, 0.6) is 0 Å². The molecule has 3 N–H and O–H groups in total. The van der Waals surface area contributed by atoms with Crippen molar-refractivity contribution < 1.29 is 18.0 Å². The minimum absolute atomic E-state index is 0.302. The topological polar surface area (TPSA) is 72.9 Å². The van der Waals surface area contributed by atoms with Gasteiger partial charge in [-0.05, 0) is 42.3 Å². The van der Waals surface area contributed by atoms with E-state index in [4.69, 9.17) is 17.3 Å². The highest BCUT2D eigenvalue weighted by Crippen LogP contribution is 2.33. The van der Waals surface area contributed by atoms with Crippen LogP contribution in [-0.4, -0.2) is 22.4 Å². The first-order chi connectivity index (χ1) is 13.2. The van der Waals surface area contributed by atoms with Gasteiger partial charge in [-0.1, -0.05) is 35.9 Å². The van der Waals surface area contributed by atoms with Gasteiger partial charge in [-0.15, -0.1) is 0 Å². The first-order valence-corrected chi connectivity index (χ1v) is 8.67. The zero-order chi connectivity index (χ0) is 20.3.